The standard InChI is InChI=1S/C11H17N3O4S/c1-6(2)8-5-19-11(13-8)14-10(18)12-7(3-4-15)9(16)17/h5-7,15H,3-4H2,1-2H3,(H,16,17)(H2,12,13,14,18). The maximum absolute atomic E-state index is 11.6. The molecule has 7 nitrogen and oxygen atoms in total. The molecule has 4 N–H and O–H groups in total. The molecular weight excluding hydrogens is 270 g/mol. The van der Waals surface area contributed by atoms with Gasteiger partial charge in [0.15, 0.2) is 5.13 Å². The van der Waals surface area contributed by atoms with Gasteiger partial charge >= 0.3 is 12.0 Å². The molecule has 0 aliphatic rings. The fourth-order valence-corrected chi connectivity index (χ4v) is 2.15. The molecule has 0 aliphatic heterocycles. The molecule has 19 heavy (non-hydrogen) atoms. The maximum Gasteiger partial charge on any atom is 0.326 e. The molecule has 1 aromatic rings. The molecule has 8 heteroatoms. The van der Waals surface area contributed by atoms with Crippen LogP contribution in [0, 0.1) is 0 Å². The van der Waals surface area contributed by atoms with Gasteiger partial charge < -0.3 is 15.5 Å². The average Bonchev–Trinajstić information content (AvgIpc) is 2.76. The summed E-state index contributed by atoms with van der Waals surface area (Å²) in [6.45, 7) is 3.66. The maximum atomic E-state index is 11.6. The number of carbonyl (C=O) groups is 2. The SMILES string of the molecule is CC(C)c1csc(NC(=O)NC(CCO)C(=O)O)n1. The van der Waals surface area contributed by atoms with E-state index in [1.54, 1.807) is 0 Å². The zero-order valence-electron chi connectivity index (χ0n) is 10.7. The fraction of sp³-hybridized carbons (Fsp3) is 0.545. The molecule has 106 valence electrons. The first-order chi connectivity index (χ1) is 8.93. The highest BCUT2D eigenvalue weighted by Crippen LogP contribution is 2.21. The molecule has 0 saturated carbocycles. The van der Waals surface area contributed by atoms with E-state index in [1.807, 2.05) is 19.2 Å². The van der Waals surface area contributed by atoms with Gasteiger partial charge in [0.2, 0.25) is 0 Å². The van der Waals surface area contributed by atoms with Crippen molar-refractivity contribution >= 4 is 28.5 Å². The van der Waals surface area contributed by atoms with Crippen LogP contribution in [0.2, 0.25) is 0 Å². The molecule has 1 aromatic heterocycles. The monoisotopic (exact) mass is 287 g/mol. The van der Waals surface area contributed by atoms with E-state index in [9.17, 15) is 9.59 Å². The number of aliphatic carboxylic acids is 1. The molecular formula is C11H17N3O4S. The highest BCUT2D eigenvalue weighted by molar-refractivity contribution is 7.13. The molecule has 0 fully saturated rings. The van der Waals surface area contributed by atoms with Gasteiger partial charge in [-0.25, -0.2) is 14.6 Å². The predicted octanol–water partition coefficient (Wildman–Crippen LogP) is 1.22. The lowest BCUT2D eigenvalue weighted by Gasteiger charge is -2.12. The Morgan fingerprint density at radius 3 is 2.63 bits per heavy atom. The van der Waals surface area contributed by atoms with Crippen LogP contribution in [0.15, 0.2) is 5.38 Å². The first kappa shape index (κ1) is 15.4. The Hall–Kier alpha value is -1.67. The van der Waals surface area contributed by atoms with Gasteiger partial charge in [-0.15, -0.1) is 11.3 Å². The van der Waals surface area contributed by atoms with Crippen LogP contribution in [0.5, 0.6) is 0 Å². The van der Waals surface area contributed by atoms with Gasteiger partial charge in [-0.05, 0) is 5.92 Å². The fourth-order valence-electron chi connectivity index (χ4n) is 1.29. The van der Waals surface area contributed by atoms with Crippen molar-refractivity contribution in [1.82, 2.24) is 10.3 Å². The molecule has 1 rings (SSSR count). The van der Waals surface area contributed by atoms with Crippen LogP contribution in [-0.4, -0.2) is 39.8 Å². The number of hydrogen-bond acceptors (Lipinski definition) is 5. The van der Waals surface area contributed by atoms with Gasteiger partial charge in [0.25, 0.3) is 0 Å². The third-order valence-electron chi connectivity index (χ3n) is 2.36. The number of carboxylic acid groups (broad SMARTS) is 1. The molecule has 2 amide bonds. The van der Waals surface area contributed by atoms with E-state index in [2.05, 4.69) is 15.6 Å². The van der Waals surface area contributed by atoms with E-state index >= 15 is 0 Å². The molecule has 1 atom stereocenters. The molecule has 0 radical (unpaired) electrons. The van der Waals surface area contributed by atoms with E-state index in [4.69, 9.17) is 10.2 Å². The number of nitrogens with one attached hydrogen (secondary N) is 2. The highest BCUT2D eigenvalue weighted by atomic mass is 32.1. The number of thiazole rings is 1. The Kier molecular flexibility index (Phi) is 5.71. The van der Waals surface area contributed by atoms with Crippen LogP contribution in [0.4, 0.5) is 9.93 Å². The lowest BCUT2D eigenvalue weighted by Crippen LogP contribution is -2.43. The lowest BCUT2D eigenvalue weighted by molar-refractivity contribution is -0.139. The summed E-state index contributed by atoms with van der Waals surface area (Å²) in [5.74, 6) is -0.928. The van der Waals surface area contributed by atoms with Gasteiger partial charge in [-0.2, -0.15) is 0 Å². The Morgan fingerprint density at radius 2 is 2.16 bits per heavy atom. The van der Waals surface area contributed by atoms with Crippen molar-refractivity contribution in [3.05, 3.63) is 11.1 Å². The predicted molar refractivity (Wildman–Crippen MR) is 71.5 cm³/mol. The van der Waals surface area contributed by atoms with Gasteiger partial charge in [-0.1, -0.05) is 13.8 Å². The minimum Gasteiger partial charge on any atom is -0.480 e. The number of anilines is 1. The van der Waals surface area contributed by atoms with Crippen LogP contribution in [-0.2, 0) is 4.79 Å². The third-order valence-corrected chi connectivity index (χ3v) is 3.13. The number of amides is 2. The normalized spacial score (nSPS) is 12.2. The number of aromatic nitrogens is 1. The molecule has 0 aromatic carbocycles. The van der Waals surface area contributed by atoms with Crippen LogP contribution in [0.1, 0.15) is 31.9 Å². The molecule has 1 heterocycles. The lowest BCUT2D eigenvalue weighted by atomic mass is 10.2. The van der Waals surface area contributed by atoms with Crippen molar-refractivity contribution in [2.24, 2.45) is 0 Å². The molecule has 0 spiro atoms. The number of carbonyl (C=O) groups excluding carboxylic acids is 1. The van der Waals surface area contributed by atoms with E-state index in [1.165, 1.54) is 11.3 Å². The number of nitrogens with zero attached hydrogens (tertiary/aromatic N) is 1. The van der Waals surface area contributed by atoms with E-state index in [0.717, 1.165) is 5.69 Å². The Labute approximate surface area is 114 Å². The second kappa shape index (κ2) is 7.05. The second-order valence-corrected chi connectivity index (χ2v) is 5.09. The minimum atomic E-state index is -1.19. The van der Waals surface area contributed by atoms with Crippen LogP contribution >= 0.6 is 11.3 Å². The minimum absolute atomic E-state index is 0.0438. The van der Waals surface area contributed by atoms with Gasteiger partial charge in [0, 0.05) is 18.4 Å². The smallest absolute Gasteiger partial charge is 0.326 e. The van der Waals surface area contributed by atoms with Crippen molar-refractivity contribution in [3.8, 4) is 0 Å². The number of aliphatic hydroxyl groups is 1. The largest absolute Gasteiger partial charge is 0.480 e. The number of aliphatic hydroxyl groups excluding tert-OH is 1. The first-order valence-corrected chi connectivity index (χ1v) is 6.68. The Morgan fingerprint density at radius 1 is 1.47 bits per heavy atom. The summed E-state index contributed by atoms with van der Waals surface area (Å²) in [6.07, 6.45) is -0.0438. The zero-order chi connectivity index (χ0) is 14.4. The summed E-state index contributed by atoms with van der Waals surface area (Å²) in [4.78, 5) is 26.6. The number of carboxylic acids is 1. The summed E-state index contributed by atoms with van der Waals surface area (Å²) < 4.78 is 0. The first-order valence-electron chi connectivity index (χ1n) is 5.80. The second-order valence-electron chi connectivity index (χ2n) is 4.23. The van der Waals surface area contributed by atoms with E-state index in [-0.39, 0.29) is 18.9 Å². The van der Waals surface area contributed by atoms with Crippen LogP contribution in [0.25, 0.3) is 0 Å². The summed E-state index contributed by atoms with van der Waals surface area (Å²) in [6, 6.07) is -1.76. The quantitative estimate of drug-likeness (QED) is 0.628. The Balaban J connectivity index is 2.56. The summed E-state index contributed by atoms with van der Waals surface area (Å²) in [5.41, 5.74) is 0.866. The summed E-state index contributed by atoms with van der Waals surface area (Å²) in [5, 5.41) is 24.5. The van der Waals surface area contributed by atoms with Crippen LogP contribution < -0.4 is 10.6 Å². The van der Waals surface area contributed by atoms with E-state index < -0.39 is 18.0 Å². The van der Waals surface area contributed by atoms with Gasteiger partial charge in [0.1, 0.15) is 6.04 Å². The molecule has 1 unspecified atom stereocenters. The van der Waals surface area contributed by atoms with Gasteiger partial charge in [0.05, 0.1) is 5.69 Å². The van der Waals surface area contributed by atoms with Crippen molar-refractivity contribution in [3.63, 3.8) is 0 Å². The van der Waals surface area contributed by atoms with E-state index in [0.29, 0.717) is 5.13 Å². The van der Waals surface area contributed by atoms with Crippen molar-refractivity contribution in [2.45, 2.75) is 32.2 Å². The van der Waals surface area contributed by atoms with Gasteiger partial charge in [-0.3, -0.25) is 5.32 Å². The number of rotatable bonds is 6. The molecule has 0 aliphatic carbocycles. The van der Waals surface area contributed by atoms with Crippen molar-refractivity contribution in [1.29, 1.82) is 0 Å². The topological polar surface area (TPSA) is 112 Å². The summed E-state index contributed by atoms with van der Waals surface area (Å²) in [7, 11) is 0. The van der Waals surface area contributed by atoms with Crippen molar-refractivity contribution in [2.75, 3.05) is 11.9 Å². The molecule has 0 saturated heterocycles. The van der Waals surface area contributed by atoms with Crippen LogP contribution in [0.3, 0.4) is 0 Å². The zero-order valence-corrected chi connectivity index (χ0v) is 11.5. The highest BCUT2D eigenvalue weighted by Gasteiger charge is 2.19. The third kappa shape index (κ3) is 4.84. The molecule has 0 bridgehead atoms. The summed E-state index contributed by atoms with van der Waals surface area (Å²) >= 11 is 1.28. The average molecular weight is 287 g/mol. The Bertz CT molecular complexity index is 447. The number of urea groups is 1. The van der Waals surface area contributed by atoms with Crippen molar-refractivity contribution < 1.29 is 19.8 Å². The number of hydrogen-bond donors (Lipinski definition) is 4.